The number of aromatic nitrogens is 2. The highest BCUT2D eigenvalue weighted by molar-refractivity contribution is 5.50. The van der Waals surface area contributed by atoms with Crippen molar-refractivity contribution in [3.63, 3.8) is 0 Å². The van der Waals surface area contributed by atoms with Crippen LogP contribution in [0.1, 0.15) is 47.0 Å². The summed E-state index contributed by atoms with van der Waals surface area (Å²) in [6, 6.07) is 14.8. The van der Waals surface area contributed by atoms with Gasteiger partial charge in [-0.05, 0) is 44.4 Å². The van der Waals surface area contributed by atoms with E-state index < -0.39 is 0 Å². The molecule has 2 aliphatic heterocycles. The molecule has 0 radical (unpaired) electrons. The molecule has 5 rings (SSSR count). The summed E-state index contributed by atoms with van der Waals surface area (Å²) in [6.45, 7) is 9.17. The Morgan fingerprint density at radius 3 is 2.72 bits per heavy atom. The first kappa shape index (κ1) is 21.2. The second-order valence-corrected chi connectivity index (χ2v) is 8.99. The van der Waals surface area contributed by atoms with E-state index in [4.69, 9.17) is 19.1 Å². The number of anilines is 1. The average molecular weight is 433 g/mol. The van der Waals surface area contributed by atoms with Crippen molar-refractivity contribution < 1.29 is 9.15 Å². The van der Waals surface area contributed by atoms with Gasteiger partial charge in [0.1, 0.15) is 23.2 Å². The van der Waals surface area contributed by atoms with E-state index in [0.717, 1.165) is 75.2 Å². The molecule has 3 aromatic rings. The standard InChI is InChI=1S/C26H32N4O2/c1-19-10-11-23(32-19)17-30(16-22-9-6-14-31-22)26-24-18-29(15-21-7-4-3-5-8-21)13-12-25(24)27-20(2)28-26/h3-5,7-8,10-11,22H,6,9,12-18H2,1-2H3/t22-/m1/s1. The first-order valence-corrected chi connectivity index (χ1v) is 11.7. The van der Waals surface area contributed by atoms with E-state index in [-0.39, 0.29) is 6.10 Å². The number of hydrogen-bond acceptors (Lipinski definition) is 6. The van der Waals surface area contributed by atoms with Crippen molar-refractivity contribution in [2.45, 2.75) is 58.8 Å². The molecular formula is C26H32N4O2. The fourth-order valence-corrected chi connectivity index (χ4v) is 4.83. The molecule has 0 amide bonds. The zero-order valence-corrected chi connectivity index (χ0v) is 19.1. The average Bonchev–Trinajstić information content (AvgIpc) is 3.45. The molecule has 1 fully saturated rings. The molecule has 1 atom stereocenters. The molecule has 0 aliphatic carbocycles. The smallest absolute Gasteiger partial charge is 0.137 e. The van der Waals surface area contributed by atoms with Gasteiger partial charge in [-0.1, -0.05) is 30.3 Å². The normalized spacial score (nSPS) is 18.6. The molecular weight excluding hydrogens is 400 g/mol. The highest BCUT2D eigenvalue weighted by Crippen LogP contribution is 2.30. The van der Waals surface area contributed by atoms with Crippen molar-refractivity contribution in [3.8, 4) is 0 Å². The summed E-state index contributed by atoms with van der Waals surface area (Å²) in [5, 5.41) is 0. The Bertz CT molecular complexity index is 1040. The van der Waals surface area contributed by atoms with E-state index >= 15 is 0 Å². The number of rotatable bonds is 7. The summed E-state index contributed by atoms with van der Waals surface area (Å²) in [4.78, 5) is 14.6. The molecule has 168 valence electrons. The second-order valence-electron chi connectivity index (χ2n) is 8.99. The number of nitrogens with zero attached hydrogens (tertiary/aromatic N) is 4. The van der Waals surface area contributed by atoms with Gasteiger partial charge in [-0.2, -0.15) is 0 Å². The molecule has 0 bridgehead atoms. The molecule has 2 aliphatic rings. The van der Waals surface area contributed by atoms with E-state index in [2.05, 4.69) is 46.2 Å². The molecule has 2 aromatic heterocycles. The van der Waals surface area contributed by atoms with E-state index in [1.165, 1.54) is 16.8 Å². The van der Waals surface area contributed by atoms with Crippen molar-refractivity contribution in [3.05, 3.63) is 76.6 Å². The molecule has 0 unspecified atom stereocenters. The fourth-order valence-electron chi connectivity index (χ4n) is 4.83. The van der Waals surface area contributed by atoms with Crippen LogP contribution in [0.5, 0.6) is 0 Å². The van der Waals surface area contributed by atoms with Crippen LogP contribution >= 0.6 is 0 Å². The summed E-state index contributed by atoms with van der Waals surface area (Å²) >= 11 is 0. The lowest BCUT2D eigenvalue weighted by atomic mass is 10.0. The number of ether oxygens (including phenoxy) is 1. The second kappa shape index (κ2) is 9.43. The van der Waals surface area contributed by atoms with Crippen molar-refractivity contribution in [1.29, 1.82) is 0 Å². The van der Waals surface area contributed by atoms with Gasteiger partial charge in [0.05, 0.1) is 18.3 Å². The number of benzene rings is 1. The van der Waals surface area contributed by atoms with Gasteiger partial charge in [0, 0.05) is 44.8 Å². The lowest BCUT2D eigenvalue weighted by Gasteiger charge is -2.33. The monoisotopic (exact) mass is 432 g/mol. The highest BCUT2D eigenvalue weighted by atomic mass is 16.5. The third-order valence-corrected chi connectivity index (χ3v) is 6.37. The quantitative estimate of drug-likeness (QED) is 0.551. The predicted octanol–water partition coefficient (Wildman–Crippen LogP) is 4.43. The van der Waals surface area contributed by atoms with Gasteiger partial charge in [-0.3, -0.25) is 4.90 Å². The molecule has 1 saturated heterocycles. The zero-order valence-electron chi connectivity index (χ0n) is 19.1. The van der Waals surface area contributed by atoms with E-state index in [1.54, 1.807) is 0 Å². The Hall–Kier alpha value is -2.70. The van der Waals surface area contributed by atoms with E-state index in [9.17, 15) is 0 Å². The van der Waals surface area contributed by atoms with E-state index in [1.807, 2.05) is 19.9 Å². The van der Waals surface area contributed by atoms with Crippen LogP contribution in [-0.2, 0) is 30.8 Å². The molecule has 0 saturated carbocycles. The number of aryl methyl sites for hydroxylation is 2. The van der Waals surface area contributed by atoms with Crippen LogP contribution in [-0.4, -0.2) is 40.7 Å². The van der Waals surface area contributed by atoms with Crippen LogP contribution in [0.15, 0.2) is 46.9 Å². The van der Waals surface area contributed by atoms with Crippen molar-refractivity contribution in [1.82, 2.24) is 14.9 Å². The minimum atomic E-state index is 0.237. The molecule has 32 heavy (non-hydrogen) atoms. The summed E-state index contributed by atoms with van der Waals surface area (Å²) in [5.41, 5.74) is 3.77. The minimum Gasteiger partial charge on any atom is -0.464 e. The van der Waals surface area contributed by atoms with Crippen LogP contribution in [0.3, 0.4) is 0 Å². The highest BCUT2D eigenvalue weighted by Gasteiger charge is 2.28. The number of furan rings is 1. The Labute approximate surface area is 190 Å². The lowest BCUT2D eigenvalue weighted by molar-refractivity contribution is 0.115. The molecule has 1 aromatic carbocycles. The zero-order chi connectivity index (χ0) is 21.9. The van der Waals surface area contributed by atoms with Gasteiger partial charge in [-0.15, -0.1) is 0 Å². The lowest BCUT2D eigenvalue weighted by Crippen LogP contribution is -2.37. The minimum absolute atomic E-state index is 0.237. The maximum Gasteiger partial charge on any atom is 0.137 e. The summed E-state index contributed by atoms with van der Waals surface area (Å²) in [6.07, 6.45) is 3.41. The number of hydrogen-bond donors (Lipinski definition) is 0. The first-order chi connectivity index (χ1) is 15.6. The van der Waals surface area contributed by atoms with Crippen molar-refractivity contribution in [2.24, 2.45) is 0 Å². The van der Waals surface area contributed by atoms with Crippen LogP contribution in [0.2, 0.25) is 0 Å². The van der Waals surface area contributed by atoms with Crippen molar-refractivity contribution in [2.75, 3.05) is 24.6 Å². The van der Waals surface area contributed by atoms with Crippen LogP contribution < -0.4 is 4.90 Å². The third-order valence-electron chi connectivity index (χ3n) is 6.37. The van der Waals surface area contributed by atoms with Gasteiger partial charge in [0.25, 0.3) is 0 Å². The van der Waals surface area contributed by atoms with Gasteiger partial charge in [0.2, 0.25) is 0 Å². The molecule has 6 heteroatoms. The Kier molecular flexibility index (Phi) is 6.23. The van der Waals surface area contributed by atoms with Crippen LogP contribution in [0.4, 0.5) is 5.82 Å². The summed E-state index contributed by atoms with van der Waals surface area (Å²) in [5.74, 6) is 3.77. The van der Waals surface area contributed by atoms with Gasteiger partial charge in [-0.25, -0.2) is 9.97 Å². The topological polar surface area (TPSA) is 54.6 Å². The SMILES string of the molecule is Cc1nc2c(c(N(Cc3ccc(C)o3)C[C@H]3CCCO3)n1)CN(Cc1ccccc1)CC2. The molecule has 0 spiro atoms. The molecule has 0 N–H and O–H groups in total. The largest absolute Gasteiger partial charge is 0.464 e. The van der Waals surface area contributed by atoms with Crippen molar-refractivity contribution >= 4 is 5.82 Å². The van der Waals surface area contributed by atoms with Gasteiger partial charge in [0.15, 0.2) is 0 Å². The number of fused-ring (bicyclic) bond motifs is 1. The van der Waals surface area contributed by atoms with Gasteiger partial charge >= 0.3 is 0 Å². The first-order valence-electron chi connectivity index (χ1n) is 11.7. The van der Waals surface area contributed by atoms with Crippen LogP contribution in [0, 0.1) is 13.8 Å². The maximum atomic E-state index is 6.00. The fraction of sp³-hybridized carbons (Fsp3) is 0.462. The molecule has 6 nitrogen and oxygen atoms in total. The Morgan fingerprint density at radius 2 is 1.97 bits per heavy atom. The maximum absolute atomic E-state index is 6.00. The summed E-state index contributed by atoms with van der Waals surface area (Å²) in [7, 11) is 0. The van der Waals surface area contributed by atoms with Gasteiger partial charge < -0.3 is 14.1 Å². The van der Waals surface area contributed by atoms with E-state index in [0.29, 0.717) is 6.54 Å². The van der Waals surface area contributed by atoms with Crippen LogP contribution in [0.25, 0.3) is 0 Å². The third kappa shape index (κ3) is 4.87. The molecule has 4 heterocycles. The predicted molar refractivity (Wildman–Crippen MR) is 124 cm³/mol. The Morgan fingerprint density at radius 1 is 1.09 bits per heavy atom. The summed E-state index contributed by atoms with van der Waals surface area (Å²) < 4.78 is 11.9. The Balaban J connectivity index is 1.44.